The summed E-state index contributed by atoms with van der Waals surface area (Å²) in [5, 5.41) is 3.11. The number of aromatic nitrogens is 2. The average molecular weight is 397 g/mol. The number of nitrogens with one attached hydrogen (secondary N) is 1. The van der Waals surface area contributed by atoms with Crippen LogP contribution in [0.3, 0.4) is 0 Å². The van der Waals surface area contributed by atoms with Gasteiger partial charge in [-0.2, -0.15) is 0 Å². The molecule has 1 N–H and O–H groups in total. The monoisotopic (exact) mass is 397 g/mol. The molecule has 0 aliphatic carbocycles. The van der Waals surface area contributed by atoms with Gasteiger partial charge in [0.2, 0.25) is 5.91 Å². The van der Waals surface area contributed by atoms with E-state index in [0.29, 0.717) is 41.9 Å². The minimum absolute atomic E-state index is 0.198. The fourth-order valence-corrected chi connectivity index (χ4v) is 3.09. The second-order valence-electron chi connectivity index (χ2n) is 6.42. The van der Waals surface area contributed by atoms with Crippen molar-refractivity contribution in [3.05, 3.63) is 69.4 Å². The smallest absolute Gasteiger partial charge is 0.336 e. The van der Waals surface area contributed by atoms with E-state index in [1.54, 1.807) is 55.6 Å². The van der Waals surface area contributed by atoms with E-state index in [1.165, 1.54) is 11.7 Å². The number of nitrogens with zero attached hydrogens (tertiary/aromatic N) is 2. The summed E-state index contributed by atoms with van der Waals surface area (Å²) in [6, 6.07) is 13.4. The molecule has 3 aromatic rings. The number of amides is 1. The van der Waals surface area contributed by atoms with Crippen LogP contribution in [0, 0.1) is 0 Å². The van der Waals surface area contributed by atoms with Gasteiger partial charge in [-0.05, 0) is 30.7 Å². The molecule has 1 amide bonds. The van der Waals surface area contributed by atoms with Crippen LogP contribution in [-0.4, -0.2) is 42.4 Å². The van der Waals surface area contributed by atoms with E-state index in [1.807, 2.05) is 0 Å². The van der Waals surface area contributed by atoms with Crippen LogP contribution < -0.4 is 21.3 Å². The second-order valence-corrected chi connectivity index (χ2v) is 6.42. The van der Waals surface area contributed by atoms with Gasteiger partial charge in [-0.1, -0.05) is 18.2 Å². The van der Waals surface area contributed by atoms with Crippen molar-refractivity contribution >= 4 is 16.8 Å². The zero-order valence-electron chi connectivity index (χ0n) is 16.4. The number of rotatable bonds is 8. The number of para-hydroxylation sites is 1. The van der Waals surface area contributed by atoms with Gasteiger partial charge in [0.05, 0.1) is 23.7 Å². The number of hydrogen-bond donors (Lipinski definition) is 1. The molecule has 0 spiro atoms. The third kappa shape index (κ3) is 4.38. The van der Waals surface area contributed by atoms with Crippen molar-refractivity contribution in [2.45, 2.75) is 13.0 Å². The van der Waals surface area contributed by atoms with Gasteiger partial charge in [0.1, 0.15) is 12.3 Å². The van der Waals surface area contributed by atoms with Crippen molar-refractivity contribution in [2.75, 3.05) is 27.4 Å². The molecule has 0 unspecified atom stereocenters. The highest BCUT2D eigenvalue weighted by molar-refractivity contribution is 5.81. The number of benzene rings is 2. The standard InChI is InChI=1S/C21H23N3O5/c1-28-12-6-11-22-19(25)14-23-18-10-4-3-9-17(18)20(26)24(21(23)27)15-7-5-8-16(13-15)29-2/h3-5,7-10,13H,6,11-12,14H2,1-2H3,(H,22,25). The third-order valence-corrected chi connectivity index (χ3v) is 4.51. The molecule has 0 saturated heterocycles. The maximum atomic E-state index is 13.2. The van der Waals surface area contributed by atoms with E-state index in [-0.39, 0.29) is 12.5 Å². The molecule has 3 rings (SSSR count). The van der Waals surface area contributed by atoms with Crippen molar-refractivity contribution < 1.29 is 14.3 Å². The van der Waals surface area contributed by atoms with E-state index in [4.69, 9.17) is 9.47 Å². The van der Waals surface area contributed by atoms with Crippen LogP contribution in [0.2, 0.25) is 0 Å². The predicted octanol–water partition coefficient (Wildman–Crippen LogP) is 1.31. The number of carbonyl (C=O) groups excluding carboxylic acids is 1. The Balaban J connectivity index is 2.08. The highest BCUT2D eigenvalue weighted by atomic mass is 16.5. The first-order chi connectivity index (χ1) is 14.1. The first kappa shape index (κ1) is 20.3. The predicted molar refractivity (Wildman–Crippen MR) is 110 cm³/mol. The molecule has 152 valence electrons. The molecule has 0 saturated carbocycles. The molecule has 0 radical (unpaired) electrons. The lowest BCUT2D eigenvalue weighted by molar-refractivity contribution is -0.121. The van der Waals surface area contributed by atoms with Gasteiger partial charge in [-0.3, -0.25) is 14.2 Å². The van der Waals surface area contributed by atoms with Crippen molar-refractivity contribution in [1.29, 1.82) is 0 Å². The minimum Gasteiger partial charge on any atom is -0.497 e. The topological polar surface area (TPSA) is 91.6 Å². The summed E-state index contributed by atoms with van der Waals surface area (Å²) in [4.78, 5) is 38.6. The molecule has 0 aliphatic heterocycles. The van der Waals surface area contributed by atoms with Gasteiger partial charge in [0, 0.05) is 26.3 Å². The summed E-state index contributed by atoms with van der Waals surface area (Å²) in [5.74, 6) is 0.202. The second kappa shape index (κ2) is 9.20. The maximum absolute atomic E-state index is 13.2. The normalized spacial score (nSPS) is 10.8. The van der Waals surface area contributed by atoms with Crippen LogP contribution in [-0.2, 0) is 16.1 Å². The first-order valence-electron chi connectivity index (χ1n) is 9.21. The van der Waals surface area contributed by atoms with Crippen molar-refractivity contribution in [3.63, 3.8) is 0 Å². The molecule has 8 nitrogen and oxygen atoms in total. The van der Waals surface area contributed by atoms with Crippen LogP contribution in [0.25, 0.3) is 16.6 Å². The largest absolute Gasteiger partial charge is 0.497 e. The van der Waals surface area contributed by atoms with Crippen LogP contribution in [0.4, 0.5) is 0 Å². The summed E-state index contributed by atoms with van der Waals surface area (Å²) >= 11 is 0. The highest BCUT2D eigenvalue weighted by Crippen LogP contribution is 2.15. The molecular weight excluding hydrogens is 374 g/mol. The molecule has 8 heteroatoms. The van der Waals surface area contributed by atoms with Crippen molar-refractivity contribution in [1.82, 2.24) is 14.5 Å². The van der Waals surface area contributed by atoms with Crippen LogP contribution >= 0.6 is 0 Å². The Bertz CT molecular complexity index is 1130. The van der Waals surface area contributed by atoms with Crippen LogP contribution in [0.15, 0.2) is 58.1 Å². The molecule has 0 aliphatic rings. The molecule has 1 aromatic heterocycles. The summed E-state index contributed by atoms with van der Waals surface area (Å²) in [6.45, 7) is 0.773. The number of methoxy groups -OCH3 is 2. The Morgan fingerprint density at radius 3 is 2.62 bits per heavy atom. The van der Waals surface area contributed by atoms with Crippen molar-refractivity contribution in [3.8, 4) is 11.4 Å². The van der Waals surface area contributed by atoms with Crippen LogP contribution in [0.1, 0.15) is 6.42 Å². The summed E-state index contributed by atoms with van der Waals surface area (Å²) < 4.78 is 12.5. The SMILES string of the molecule is COCCCNC(=O)Cn1c(=O)n(-c2cccc(OC)c2)c(=O)c2ccccc21. The van der Waals surface area contributed by atoms with Crippen LogP contribution in [0.5, 0.6) is 5.75 Å². The fourth-order valence-electron chi connectivity index (χ4n) is 3.09. The van der Waals surface area contributed by atoms with Gasteiger partial charge in [0.25, 0.3) is 5.56 Å². The Morgan fingerprint density at radius 1 is 1.07 bits per heavy atom. The lowest BCUT2D eigenvalue weighted by atomic mass is 10.2. The Labute approximate surface area is 167 Å². The van der Waals surface area contributed by atoms with Gasteiger partial charge >= 0.3 is 5.69 Å². The lowest BCUT2D eigenvalue weighted by Gasteiger charge is -2.14. The number of ether oxygens (including phenoxy) is 2. The lowest BCUT2D eigenvalue weighted by Crippen LogP contribution is -2.42. The van der Waals surface area contributed by atoms with E-state index in [0.717, 1.165) is 4.57 Å². The molecule has 1 heterocycles. The first-order valence-corrected chi connectivity index (χ1v) is 9.21. The van der Waals surface area contributed by atoms with Crippen molar-refractivity contribution in [2.24, 2.45) is 0 Å². The van der Waals surface area contributed by atoms with E-state index >= 15 is 0 Å². The molecule has 29 heavy (non-hydrogen) atoms. The molecular formula is C21H23N3O5. The summed E-state index contributed by atoms with van der Waals surface area (Å²) in [5.41, 5.74) is -0.252. The van der Waals surface area contributed by atoms with Gasteiger partial charge in [-0.15, -0.1) is 0 Å². The zero-order valence-corrected chi connectivity index (χ0v) is 16.4. The fraction of sp³-hybridized carbons (Fsp3) is 0.286. The molecule has 2 aromatic carbocycles. The number of hydrogen-bond acceptors (Lipinski definition) is 5. The van der Waals surface area contributed by atoms with Gasteiger partial charge < -0.3 is 14.8 Å². The highest BCUT2D eigenvalue weighted by Gasteiger charge is 2.16. The minimum atomic E-state index is -0.589. The number of fused-ring (bicyclic) bond motifs is 1. The van der Waals surface area contributed by atoms with E-state index in [2.05, 4.69) is 5.32 Å². The van der Waals surface area contributed by atoms with Gasteiger partial charge in [0.15, 0.2) is 0 Å². The molecule has 0 fully saturated rings. The summed E-state index contributed by atoms with van der Waals surface area (Å²) in [6.07, 6.45) is 0.668. The zero-order chi connectivity index (χ0) is 20.8. The third-order valence-electron chi connectivity index (χ3n) is 4.51. The summed E-state index contributed by atoms with van der Waals surface area (Å²) in [7, 11) is 3.10. The quantitative estimate of drug-likeness (QED) is 0.579. The van der Waals surface area contributed by atoms with E-state index in [9.17, 15) is 14.4 Å². The Kier molecular flexibility index (Phi) is 6.46. The molecule has 0 atom stereocenters. The van der Waals surface area contributed by atoms with Gasteiger partial charge in [-0.25, -0.2) is 9.36 Å². The Hall–Kier alpha value is -3.39. The maximum Gasteiger partial charge on any atom is 0.336 e. The molecule has 0 bridgehead atoms. The van der Waals surface area contributed by atoms with E-state index < -0.39 is 11.2 Å². The Morgan fingerprint density at radius 2 is 1.86 bits per heavy atom. The average Bonchev–Trinajstić information content (AvgIpc) is 2.74. The number of carbonyl (C=O) groups is 1.